The van der Waals surface area contributed by atoms with Crippen LogP contribution >= 0.6 is 0 Å². The van der Waals surface area contributed by atoms with Gasteiger partial charge in [-0.25, -0.2) is 9.78 Å². The van der Waals surface area contributed by atoms with Crippen LogP contribution in [0.25, 0.3) is 11.0 Å². The molecule has 0 aliphatic heterocycles. The van der Waals surface area contributed by atoms with E-state index in [2.05, 4.69) is 4.98 Å². The lowest BCUT2D eigenvalue weighted by atomic mass is 10.1. The molecule has 0 saturated heterocycles. The third-order valence-electron chi connectivity index (χ3n) is 4.02. The Morgan fingerprint density at radius 1 is 1.11 bits per heavy atom. The largest absolute Gasteiger partial charge is 0.618 e. The number of ketones is 1. The van der Waals surface area contributed by atoms with E-state index in [1.165, 1.54) is 20.3 Å². The van der Waals surface area contributed by atoms with E-state index in [0.29, 0.717) is 21.6 Å². The molecule has 0 N–H and O–H groups in total. The van der Waals surface area contributed by atoms with Gasteiger partial charge in [-0.05, 0) is 12.1 Å². The first-order chi connectivity index (χ1) is 13.5. The molecule has 1 aromatic heterocycles. The molecule has 3 aromatic rings. The number of methoxy groups -OCH3 is 2. The summed E-state index contributed by atoms with van der Waals surface area (Å²) >= 11 is 0. The minimum absolute atomic E-state index is 0.0611. The zero-order valence-electron chi connectivity index (χ0n) is 15.4. The number of fused-ring (bicyclic) bond motifs is 1. The molecule has 0 spiro atoms. The second-order valence-corrected chi connectivity index (χ2v) is 5.84. The summed E-state index contributed by atoms with van der Waals surface area (Å²) in [6.45, 7) is -0.579. The van der Waals surface area contributed by atoms with Crippen LogP contribution in [-0.2, 0) is 20.9 Å². The summed E-state index contributed by atoms with van der Waals surface area (Å²) in [5.74, 6) is -0.698. The molecule has 0 aliphatic rings. The molecule has 8 heteroatoms. The van der Waals surface area contributed by atoms with Crippen molar-refractivity contribution in [3.63, 3.8) is 0 Å². The second kappa shape index (κ2) is 8.45. The Balaban J connectivity index is 2.13. The van der Waals surface area contributed by atoms with Gasteiger partial charge >= 0.3 is 5.97 Å². The molecule has 1 heterocycles. The molecule has 28 heavy (non-hydrogen) atoms. The standard InChI is InChI=1S/C20H18N2O6/c1-26-12-18(23)28-11-16-19(20(24)13-6-4-3-5-7-13)22(25)17-10-14(27-2)8-9-15(17)21-16/h3-10H,11-12H2,1-2H3. The maximum Gasteiger partial charge on any atom is 0.332 e. The van der Waals surface area contributed by atoms with Gasteiger partial charge in [0.1, 0.15) is 24.5 Å². The van der Waals surface area contributed by atoms with Gasteiger partial charge in [-0.15, -0.1) is 0 Å². The summed E-state index contributed by atoms with van der Waals surface area (Å²) in [4.78, 5) is 29.0. The summed E-state index contributed by atoms with van der Waals surface area (Å²) in [5.41, 5.74) is 0.688. The number of benzene rings is 2. The van der Waals surface area contributed by atoms with Gasteiger partial charge in [0.15, 0.2) is 5.69 Å². The highest BCUT2D eigenvalue weighted by molar-refractivity contribution is 6.07. The number of carbonyl (C=O) groups excluding carboxylic acids is 2. The summed E-state index contributed by atoms with van der Waals surface area (Å²) in [6, 6.07) is 13.1. The van der Waals surface area contributed by atoms with Crippen LogP contribution in [0.15, 0.2) is 48.5 Å². The molecule has 0 aliphatic carbocycles. The molecule has 3 rings (SSSR count). The lowest BCUT2D eigenvalue weighted by molar-refractivity contribution is -0.580. The topological polar surface area (TPSA) is 102 Å². The molecule has 0 saturated carbocycles. The molecular formula is C20H18N2O6. The van der Waals surface area contributed by atoms with Crippen LogP contribution in [0.5, 0.6) is 5.75 Å². The maximum absolute atomic E-state index is 13.0. The average molecular weight is 382 g/mol. The van der Waals surface area contributed by atoms with Crippen LogP contribution in [0.4, 0.5) is 0 Å². The van der Waals surface area contributed by atoms with Crippen molar-refractivity contribution < 1.29 is 28.5 Å². The third-order valence-corrected chi connectivity index (χ3v) is 4.02. The Hall–Kier alpha value is -3.52. The molecule has 2 aromatic carbocycles. The van der Waals surface area contributed by atoms with Crippen LogP contribution < -0.4 is 9.47 Å². The molecule has 0 unspecified atom stereocenters. The van der Waals surface area contributed by atoms with E-state index in [0.717, 1.165) is 0 Å². The Bertz CT molecular complexity index is 1020. The van der Waals surface area contributed by atoms with Gasteiger partial charge in [0.25, 0.3) is 11.5 Å². The fraction of sp³-hybridized carbons (Fsp3) is 0.200. The summed E-state index contributed by atoms with van der Waals surface area (Å²) < 4.78 is 15.5. The number of aromatic nitrogens is 2. The predicted molar refractivity (Wildman–Crippen MR) is 98.8 cm³/mol. The number of nitrogens with zero attached hydrogens (tertiary/aromatic N) is 2. The molecule has 8 nitrogen and oxygen atoms in total. The van der Waals surface area contributed by atoms with Crippen molar-refractivity contribution in [2.45, 2.75) is 6.61 Å². The summed E-state index contributed by atoms with van der Waals surface area (Å²) in [6.07, 6.45) is 0. The minimum atomic E-state index is -0.630. The highest BCUT2D eigenvalue weighted by Gasteiger charge is 2.28. The Morgan fingerprint density at radius 2 is 1.86 bits per heavy atom. The van der Waals surface area contributed by atoms with Crippen LogP contribution in [0.2, 0.25) is 0 Å². The Morgan fingerprint density at radius 3 is 2.54 bits per heavy atom. The Labute approximate surface area is 160 Å². The molecule has 0 atom stereocenters. The molecular weight excluding hydrogens is 364 g/mol. The van der Waals surface area contributed by atoms with Crippen molar-refractivity contribution in [2.75, 3.05) is 20.8 Å². The second-order valence-electron chi connectivity index (χ2n) is 5.84. The smallest absolute Gasteiger partial charge is 0.332 e. The zero-order chi connectivity index (χ0) is 20.1. The molecule has 144 valence electrons. The van der Waals surface area contributed by atoms with Crippen LogP contribution in [-0.4, -0.2) is 37.6 Å². The van der Waals surface area contributed by atoms with Crippen LogP contribution in [0, 0.1) is 5.21 Å². The van der Waals surface area contributed by atoms with Crippen molar-refractivity contribution in [1.82, 2.24) is 4.98 Å². The highest BCUT2D eigenvalue weighted by Crippen LogP contribution is 2.20. The van der Waals surface area contributed by atoms with E-state index in [4.69, 9.17) is 14.2 Å². The van der Waals surface area contributed by atoms with E-state index >= 15 is 0 Å². The van der Waals surface area contributed by atoms with E-state index in [1.807, 2.05) is 0 Å². The van der Waals surface area contributed by atoms with Gasteiger partial charge in [-0.3, -0.25) is 4.79 Å². The van der Waals surface area contributed by atoms with Gasteiger partial charge in [0.05, 0.1) is 13.2 Å². The molecule has 0 bridgehead atoms. The number of ether oxygens (including phenoxy) is 3. The quantitative estimate of drug-likeness (QED) is 0.266. The first-order valence-electron chi connectivity index (χ1n) is 8.39. The van der Waals surface area contributed by atoms with E-state index in [1.54, 1.807) is 42.5 Å². The van der Waals surface area contributed by atoms with E-state index in [-0.39, 0.29) is 30.1 Å². The highest BCUT2D eigenvalue weighted by atomic mass is 16.6. The Kier molecular flexibility index (Phi) is 5.81. The normalized spacial score (nSPS) is 10.6. The fourth-order valence-corrected chi connectivity index (χ4v) is 2.68. The van der Waals surface area contributed by atoms with Crippen molar-refractivity contribution >= 4 is 22.8 Å². The number of hydrogen-bond acceptors (Lipinski definition) is 7. The van der Waals surface area contributed by atoms with Crippen LogP contribution in [0.3, 0.4) is 0 Å². The first kappa shape index (κ1) is 19.2. The summed E-state index contributed by atoms with van der Waals surface area (Å²) in [7, 11) is 2.84. The lowest BCUT2D eigenvalue weighted by Crippen LogP contribution is -2.38. The molecule has 0 radical (unpaired) electrons. The van der Waals surface area contributed by atoms with Crippen LogP contribution in [0.1, 0.15) is 21.7 Å². The van der Waals surface area contributed by atoms with E-state index < -0.39 is 11.8 Å². The third kappa shape index (κ3) is 3.91. The van der Waals surface area contributed by atoms with Gasteiger partial charge in [-0.2, -0.15) is 4.73 Å². The van der Waals surface area contributed by atoms with Gasteiger partial charge in [0, 0.05) is 12.7 Å². The average Bonchev–Trinajstić information content (AvgIpc) is 2.72. The molecule has 0 fully saturated rings. The molecule has 0 amide bonds. The zero-order valence-corrected chi connectivity index (χ0v) is 15.4. The summed E-state index contributed by atoms with van der Waals surface area (Å²) in [5, 5.41) is 13.0. The van der Waals surface area contributed by atoms with Crippen molar-refractivity contribution in [1.29, 1.82) is 0 Å². The van der Waals surface area contributed by atoms with Crippen molar-refractivity contribution in [3.8, 4) is 5.75 Å². The predicted octanol–water partition coefficient (Wildman–Crippen LogP) is 1.80. The SMILES string of the molecule is COCC(=O)OCc1nc2ccc(OC)cc2[n+]([O-])c1C(=O)c1ccccc1. The first-order valence-corrected chi connectivity index (χ1v) is 8.39. The lowest BCUT2D eigenvalue weighted by Gasteiger charge is -2.12. The fourth-order valence-electron chi connectivity index (χ4n) is 2.68. The van der Waals surface area contributed by atoms with Crippen molar-refractivity contribution in [2.24, 2.45) is 0 Å². The van der Waals surface area contributed by atoms with E-state index in [9.17, 15) is 14.8 Å². The van der Waals surface area contributed by atoms with Gasteiger partial charge < -0.3 is 19.4 Å². The maximum atomic E-state index is 13.0. The minimum Gasteiger partial charge on any atom is -0.618 e. The number of rotatable bonds is 7. The number of esters is 1. The van der Waals surface area contributed by atoms with Crippen molar-refractivity contribution in [3.05, 3.63) is 70.7 Å². The monoisotopic (exact) mass is 382 g/mol. The number of carbonyl (C=O) groups is 2. The van der Waals surface area contributed by atoms with Gasteiger partial charge in [-0.1, -0.05) is 30.3 Å². The van der Waals surface area contributed by atoms with Gasteiger partial charge in [0.2, 0.25) is 5.52 Å². The number of hydrogen-bond donors (Lipinski definition) is 0.